The Morgan fingerprint density at radius 1 is 0.967 bits per heavy atom. The third kappa shape index (κ3) is 4.56. The van der Waals surface area contributed by atoms with E-state index in [1.165, 1.54) is 12.2 Å². The summed E-state index contributed by atoms with van der Waals surface area (Å²) in [4.78, 5) is 62.6. The van der Waals surface area contributed by atoms with Crippen LogP contribution in [-0.2, 0) is 23.9 Å². The van der Waals surface area contributed by atoms with Crippen molar-refractivity contribution in [1.82, 2.24) is 10.2 Å². The van der Waals surface area contributed by atoms with Crippen molar-refractivity contribution in [3.05, 3.63) is 47.5 Å². The van der Waals surface area contributed by atoms with Crippen LogP contribution in [0.1, 0.15) is 47.9 Å². The Labute approximate surface area is 174 Å². The molecular formula is C21H24N2O7. The first-order valence-corrected chi connectivity index (χ1v) is 9.51. The molecule has 160 valence electrons. The SMILES string of the molecule is CCOC(=O)C(CC=CCN1C(=O)c2ccccc2C1=O)(NC(C)=O)C(=O)OCC. The minimum Gasteiger partial charge on any atom is -0.464 e. The molecule has 3 amide bonds. The molecule has 9 nitrogen and oxygen atoms in total. The van der Waals surface area contributed by atoms with Crippen LogP contribution >= 0.6 is 0 Å². The summed E-state index contributed by atoms with van der Waals surface area (Å²) >= 11 is 0. The second kappa shape index (κ2) is 9.82. The largest absolute Gasteiger partial charge is 0.464 e. The molecule has 0 spiro atoms. The Bertz CT molecular complexity index is 838. The standard InChI is InChI=1S/C21H24N2O7/c1-4-29-19(27)21(22-14(3)24,20(28)30-5-2)12-8-9-13-23-17(25)15-10-6-7-11-16(15)18(23)26/h6-11H,4-5,12-13H2,1-3H3,(H,22,24). The average molecular weight is 416 g/mol. The van der Waals surface area contributed by atoms with E-state index in [2.05, 4.69) is 5.32 Å². The highest BCUT2D eigenvalue weighted by Gasteiger charge is 2.49. The summed E-state index contributed by atoms with van der Waals surface area (Å²) < 4.78 is 9.95. The van der Waals surface area contributed by atoms with E-state index in [9.17, 15) is 24.0 Å². The number of amides is 3. The van der Waals surface area contributed by atoms with E-state index in [-0.39, 0.29) is 26.2 Å². The van der Waals surface area contributed by atoms with Gasteiger partial charge in [-0.2, -0.15) is 0 Å². The van der Waals surface area contributed by atoms with Gasteiger partial charge in [-0.1, -0.05) is 24.3 Å². The summed E-state index contributed by atoms with van der Waals surface area (Å²) in [5.74, 6) is -3.38. The molecule has 0 fully saturated rings. The topological polar surface area (TPSA) is 119 Å². The fraction of sp³-hybridized carbons (Fsp3) is 0.381. The first kappa shape index (κ1) is 22.8. The lowest BCUT2D eigenvalue weighted by Gasteiger charge is -2.28. The van der Waals surface area contributed by atoms with Crippen molar-refractivity contribution in [3.8, 4) is 0 Å². The van der Waals surface area contributed by atoms with Gasteiger partial charge in [0.05, 0.1) is 24.3 Å². The van der Waals surface area contributed by atoms with Crippen LogP contribution in [0.15, 0.2) is 36.4 Å². The highest BCUT2D eigenvalue weighted by molar-refractivity contribution is 6.21. The molecule has 30 heavy (non-hydrogen) atoms. The number of esters is 2. The number of fused-ring (bicyclic) bond motifs is 1. The Morgan fingerprint density at radius 3 is 1.90 bits per heavy atom. The molecular weight excluding hydrogens is 392 g/mol. The van der Waals surface area contributed by atoms with Crippen molar-refractivity contribution in [2.45, 2.75) is 32.7 Å². The van der Waals surface area contributed by atoms with Crippen molar-refractivity contribution in [2.24, 2.45) is 0 Å². The van der Waals surface area contributed by atoms with Gasteiger partial charge in [0.15, 0.2) is 0 Å². The molecule has 1 aliphatic heterocycles. The molecule has 0 saturated carbocycles. The summed E-state index contributed by atoms with van der Waals surface area (Å²) in [6.45, 7) is 4.24. The maximum Gasteiger partial charge on any atom is 0.344 e. The fourth-order valence-corrected chi connectivity index (χ4v) is 3.06. The van der Waals surface area contributed by atoms with Gasteiger partial charge in [-0.3, -0.25) is 19.3 Å². The monoisotopic (exact) mass is 416 g/mol. The Kier molecular flexibility index (Phi) is 7.46. The van der Waals surface area contributed by atoms with Gasteiger partial charge < -0.3 is 14.8 Å². The van der Waals surface area contributed by atoms with E-state index < -0.39 is 35.2 Å². The second-order valence-corrected chi connectivity index (χ2v) is 6.47. The number of nitrogens with one attached hydrogen (secondary N) is 1. The van der Waals surface area contributed by atoms with E-state index in [0.29, 0.717) is 11.1 Å². The molecule has 0 radical (unpaired) electrons. The minimum atomic E-state index is -2.06. The van der Waals surface area contributed by atoms with E-state index in [1.54, 1.807) is 38.1 Å². The Balaban J connectivity index is 2.20. The summed E-state index contributed by atoms with van der Waals surface area (Å²) in [6.07, 6.45) is 2.62. The molecule has 0 aliphatic carbocycles. The molecule has 0 bridgehead atoms. The second-order valence-electron chi connectivity index (χ2n) is 6.47. The van der Waals surface area contributed by atoms with Crippen molar-refractivity contribution < 1.29 is 33.4 Å². The maximum absolute atomic E-state index is 12.5. The first-order chi connectivity index (χ1) is 14.3. The molecule has 0 atom stereocenters. The summed E-state index contributed by atoms with van der Waals surface area (Å²) in [5.41, 5.74) is -1.42. The molecule has 1 heterocycles. The van der Waals surface area contributed by atoms with Gasteiger partial charge in [-0.25, -0.2) is 9.59 Å². The molecule has 1 N–H and O–H groups in total. The van der Waals surface area contributed by atoms with E-state index in [1.807, 2.05) is 0 Å². The van der Waals surface area contributed by atoms with Gasteiger partial charge in [0.25, 0.3) is 11.8 Å². The molecule has 1 aromatic carbocycles. The van der Waals surface area contributed by atoms with Gasteiger partial charge in [0.2, 0.25) is 11.4 Å². The van der Waals surface area contributed by atoms with Crippen LogP contribution in [0.2, 0.25) is 0 Å². The Hall–Kier alpha value is -3.49. The van der Waals surface area contributed by atoms with Crippen LogP contribution in [0, 0.1) is 0 Å². The number of hydrogen-bond donors (Lipinski definition) is 1. The van der Waals surface area contributed by atoms with E-state index >= 15 is 0 Å². The highest BCUT2D eigenvalue weighted by atomic mass is 16.6. The van der Waals surface area contributed by atoms with Crippen LogP contribution in [0.3, 0.4) is 0 Å². The summed E-state index contributed by atoms with van der Waals surface area (Å²) in [7, 11) is 0. The zero-order chi connectivity index (χ0) is 22.3. The van der Waals surface area contributed by atoms with Gasteiger partial charge in [-0.05, 0) is 26.0 Å². The number of nitrogens with zero attached hydrogens (tertiary/aromatic N) is 1. The number of imide groups is 1. The Morgan fingerprint density at radius 2 is 1.47 bits per heavy atom. The normalized spacial score (nSPS) is 13.4. The quantitative estimate of drug-likeness (QED) is 0.278. The van der Waals surface area contributed by atoms with Crippen LogP contribution in [0.25, 0.3) is 0 Å². The molecule has 2 rings (SSSR count). The van der Waals surface area contributed by atoms with Crippen LogP contribution < -0.4 is 5.32 Å². The predicted octanol–water partition coefficient (Wildman–Crippen LogP) is 1.23. The molecule has 1 aromatic rings. The molecule has 0 unspecified atom stereocenters. The van der Waals surface area contributed by atoms with E-state index in [4.69, 9.17) is 9.47 Å². The van der Waals surface area contributed by atoms with Gasteiger partial charge >= 0.3 is 11.9 Å². The molecule has 9 heteroatoms. The molecule has 0 saturated heterocycles. The van der Waals surface area contributed by atoms with Crippen LogP contribution in [0.4, 0.5) is 0 Å². The van der Waals surface area contributed by atoms with Crippen molar-refractivity contribution in [2.75, 3.05) is 19.8 Å². The summed E-state index contributed by atoms with van der Waals surface area (Å²) in [5, 5.41) is 2.34. The van der Waals surface area contributed by atoms with Crippen molar-refractivity contribution in [3.63, 3.8) is 0 Å². The van der Waals surface area contributed by atoms with Gasteiger partial charge in [-0.15, -0.1) is 0 Å². The van der Waals surface area contributed by atoms with Crippen molar-refractivity contribution >= 4 is 29.7 Å². The lowest BCUT2D eigenvalue weighted by Crippen LogP contribution is -2.60. The van der Waals surface area contributed by atoms with Crippen molar-refractivity contribution in [1.29, 1.82) is 0 Å². The molecule has 1 aliphatic rings. The predicted molar refractivity (Wildman–Crippen MR) is 105 cm³/mol. The lowest BCUT2D eigenvalue weighted by molar-refractivity contribution is -0.167. The number of ether oxygens (including phenoxy) is 2. The number of carbonyl (C=O) groups excluding carboxylic acids is 5. The third-order valence-corrected chi connectivity index (χ3v) is 4.39. The number of benzene rings is 1. The lowest BCUT2D eigenvalue weighted by atomic mass is 9.94. The van der Waals surface area contributed by atoms with Gasteiger partial charge in [0, 0.05) is 19.9 Å². The zero-order valence-electron chi connectivity index (χ0n) is 17.1. The maximum atomic E-state index is 12.5. The fourth-order valence-electron chi connectivity index (χ4n) is 3.06. The number of hydrogen-bond acceptors (Lipinski definition) is 7. The van der Waals surface area contributed by atoms with Crippen LogP contribution in [0.5, 0.6) is 0 Å². The average Bonchev–Trinajstić information content (AvgIpc) is 2.95. The van der Waals surface area contributed by atoms with Crippen LogP contribution in [-0.4, -0.2) is 59.9 Å². The minimum absolute atomic E-state index is 0.00166. The number of carbonyl (C=O) groups is 5. The summed E-state index contributed by atoms with van der Waals surface area (Å²) in [6, 6.07) is 6.48. The first-order valence-electron chi connectivity index (χ1n) is 9.51. The van der Waals surface area contributed by atoms with Gasteiger partial charge in [0.1, 0.15) is 0 Å². The molecule has 0 aromatic heterocycles. The smallest absolute Gasteiger partial charge is 0.344 e. The van der Waals surface area contributed by atoms with E-state index in [0.717, 1.165) is 11.8 Å². The number of rotatable bonds is 9. The highest BCUT2D eigenvalue weighted by Crippen LogP contribution is 2.22. The zero-order valence-corrected chi connectivity index (χ0v) is 17.1. The third-order valence-electron chi connectivity index (χ3n) is 4.39.